The minimum absolute atomic E-state index is 0.0230. The first-order chi connectivity index (χ1) is 14.5. The first kappa shape index (κ1) is 19.6. The number of anilines is 1. The summed E-state index contributed by atoms with van der Waals surface area (Å²) < 4.78 is 37.0. The quantitative estimate of drug-likeness (QED) is 0.672. The maximum absolute atomic E-state index is 13.6. The molecule has 1 aromatic heterocycles. The second-order valence-corrected chi connectivity index (χ2v) is 6.75. The zero-order valence-electron chi connectivity index (χ0n) is 15.7. The van der Waals surface area contributed by atoms with Crippen LogP contribution in [0.2, 0.25) is 0 Å². The van der Waals surface area contributed by atoms with Crippen LogP contribution < -0.4 is 15.0 Å². The summed E-state index contributed by atoms with van der Waals surface area (Å²) in [5, 5.41) is 6.43. The summed E-state index contributed by atoms with van der Waals surface area (Å²) in [4.78, 5) is 26.1. The zero-order chi connectivity index (χ0) is 21.1. The summed E-state index contributed by atoms with van der Waals surface area (Å²) in [6.07, 6.45) is 0.115. The fourth-order valence-corrected chi connectivity index (χ4v) is 3.13. The molecule has 1 aliphatic rings. The van der Waals surface area contributed by atoms with Crippen LogP contribution in [0.15, 0.2) is 59.1 Å². The average Bonchev–Trinajstić information content (AvgIpc) is 3.35. The molecule has 1 atom stereocenters. The lowest BCUT2D eigenvalue weighted by Gasteiger charge is -2.17. The van der Waals surface area contributed by atoms with Crippen LogP contribution >= 0.6 is 0 Å². The lowest BCUT2D eigenvalue weighted by atomic mass is 10.2. The third-order valence-electron chi connectivity index (χ3n) is 4.60. The second kappa shape index (κ2) is 8.32. The molecule has 9 heteroatoms. The highest BCUT2D eigenvalue weighted by Crippen LogP contribution is 2.22. The highest BCUT2D eigenvalue weighted by atomic mass is 19.1. The molecule has 2 amide bonds. The summed E-state index contributed by atoms with van der Waals surface area (Å²) in [7, 11) is 0. The van der Waals surface area contributed by atoms with E-state index in [4.69, 9.17) is 9.26 Å². The number of nitrogens with one attached hydrogen (secondary N) is 1. The molecule has 0 spiro atoms. The monoisotopic (exact) mass is 413 g/mol. The van der Waals surface area contributed by atoms with Crippen molar-refractivity contribution in [2.75, 3.05) is 11.4 Å². The minimum atomic E-state index is -0.508. The number of benzene rings is 2. The van der Waals surface area contributed by atoms with Crippen LogP contribution in [0.1, 0.15) is 22.7 Å². The van der Waals surface area contributed by atoms with Gasteiger partial charge in [-0.3, -0.25) is 9.59 Å². The maximum atomic E-state index is 13.6. The van der Waals surface area contributed by atoms with Gasteiger partial charge in [-0.15, -0.1) is 0 Å². The summed E-state index contributed by atoms with van der Waals surface area (Å²) in [5.41, 5.74) is 0.585. The van der Waals surface area contributed by atoms with E-state index in [9.17, 15) is 18.4 Å². The number of carbonyl (C=O) groups excluding carboxylic acids is 2. The van der Waals surface area contributed by atoms with Crippen LogP contribution in [0.5, 0.6) is 5.75 Å². The molecule has 0 saturated carbocycles. The van der Waals surface area contributed by atoms with Crippen LogP contribution in [0.3, 0.4) is 0 Å². The number of rotatable bonds is 6. The Bertz CT molecular complexity index is 1070. The first-order valence-electron chi connectivity index (χ1n) is 9.19. The molecule has 0 bridgehead atoms. The molecule has 4 rings (SSSR count). The topological polar surface area (TPSA) is 84.7 Å². The molecule has 154 valence electrons. The van der Waals surface area contributed by atoms with Crippen molar-refractivity contribution in [3.8, 4) is 5.75 Å². The molecule has 0 aliphatic carbocycles. The van der Waals surface area contributed by atoms with Gasteiger partial charge in [-0.2, -0.15) is 0 Å². The maximum Gasteiger partial charge on any atom is 0.273 e. The summed E-state index contributed by atoms with van der Waals surface area (Å²) in [6, 6.07) is 12.5. The highest BCUT2D eigenvalue weighted by Gasteiger charge is 2.32. The largest absolute Gasteiger partial charge is 0.482 e. The predicted octanol–water partition coefficient (Wildman–Crippen LogP) is 3.07. The van der Waals surface area contributed by atoms with Crippen molar-refractivity contribution < 1.29 is 27.6 Å². The fourth-order valence-electron chi connectivity index (χ4n) is 3.13. The van der Waals surface area contributed by atoms with Gasteiger partial charge >= 0.3 is 0 Å². The van der Waals surface area contributed by atoms with E-state index in [2.05, 4.69) is 10.5 Å². The molecule has 1 unspecified atom stereocenters. The van der Waals surface area contributed by atoms with Gasteiger partial charge in [0, 0.05) is 24.7 Å². The molecular formula is C21H17F2N3O4. The Morgan fingerprint density at radius 2 is 1.97 bits per heavy atom. The number of carbonyl (C=O) groups is 2. The van der Waals surface area contributed by atoms with Crippen molar-refractivity contribution in [2.45, 2.75) is 19.1 Å². The smallest absolute Gasteiger partial charge is 0.273 e. The molecule has 30 heavy (non-hydrogen) atoms. The van der Waals surface area contributed by atoms with E-state index in [1.807, 2.05) is 0 Å². The minimum Gasteiger partial charge on any atom is -0.482 e. The van der Waals surface area contributed by atoms with Gasteiger partial charge in [0.05, 0.1) is 6.04 Å². The Kier molecular flexibility index (Phi) is 5.42. The Hall–Kier alpha value is -3.75. The molecule has 1 fully saturated rings. The lowest BCUT2D eigenvalue weighted by molar-refractivity contribution is -0.117. The normalized spacial score (nSPS) is 16.0. The van der Waals surface area contributed by atoms with E-state index in [-0.39, 0.29) is 42.7 Å². The molecule has 1 saturated heterocycles. The summed E-state index contributed by atoms with van der Waals surface area (Å²) in [6.45, 7) is 0.165. The number of para-hydroxylation sites is 1. The van der Waals surface area contributed by atoms with Gasteiger partial charge in [0.2, 0.25) is 5.91 Å². The van der Waals surface area contributed by atoms with Gasteiger partial charge in [-0.25, -0.2) is 8.78 Å². The molecule has 7 nitrogen and oxygen atoms in total. The number of ether oxygens (including phenoxy) is 1. The van der Waals surface area contributed by atoms with Crippen molar-refractivity contribution in [2.24, 2.45) is 0 Å². The van der Waals surface area contributed by atoms with Crippen molar-refractivity contribution in [3.05, 3.63) is 77.7 Å². The van der Waals surface area contributed by atoms with Gasteiger partial charge in [0.15, 0.2) is 23.0 Å². The Labute approximate surface area is 170 Å². The number of hydrogen-bond donors (Lipinski definition) is 1. The van der Waals surface area contributed by atoms with Gasteiger partial charge < -0.3 is 19.5 Å². The number of amides is 2. The molecule has 1 aliphatic heterocycles. The molecule has 2 aromatic carbocycles. The second-order valence-electron chi connectivity index (χ2n) is 6.75. The molecule has 2 heterocycles. The van der Waals surface area contributed by atoms with Gasteiger partial charge in [0.25, 0.3) is 5.91 Å². The van der Waals surface area contributed by atoms with Gasteiger partial charge in [-0.05, 0) is 36.4 Å². The van der Waals surface area contributed by atoms with E-state index in [1.54, 1.807) is 12.1 Å². The van der Waals surface area contributed by atoms with Crippen LogP contribution in [-0.2, 0) is 11.4 Å². The Balaban J connectivity index is 1.34. The Morgan fingerprint density at radius 1 is 1.20 bits per heavy atom. The van der Waals surface area contributed by atoms with Crippen LogP contribution in [-0.4, -0.2) is 29.6 Å². The van der Waals surface area contributed by atoms with Gasteiger partial charge in [-0.1, -0.05) is 17.3 Å². The van der Waals surface area contributed by atoms with Crippen molar-refractivity contribution in [1.82, 2.24) is 10.5 Å². The fraction of sp³-hybridized carbons (Fsp3) is 0.190. The zero-order valence-corrected chi connectivity index (χ0v) is 15.7. The number of hydrogen-bond acceptors (Lipinski definition) is 5. The van der Waals surface area contributed by atoms with Crippen LogP contribution in [0, 0.1) is 11.6 Å². The van der Waals surface area contributed by atoms with E-state index < -0.39 is 23.6 Å². The van der Waals surface area contributed by atoms with Gasteiger partial charge in [0.1, 0.15) is 12.4 Å². The lowest BCUT2D eigenvalue weighted by Crippen LogP contribution is -2.37. The molecule has 0 radical (unpaired) electrons. The van der Waals surface area contributed by atoms with E-state index in [1.165, 1.54) is 47.4 Å². The molecular weight excluding hydrogens is 396 g/mol. The van der Waals surface area contributed by atoms with Crippen molar-refractivity contribution >= 4 is 17.5 Å². The summed E-state index contributed by atoms with van der Waals surface area (Å²) >= 11 is 0. The van der Waals surface area contributed by atoms with E-state index in [0.29, 0.717) is 5.69 Å². The highest BCUT2D eigenvalue weighted by molar-refractivity contribution is 5.98. The number of nitrogens with zero attached hydrogens (tertiary/aromatic N) is 2. The first-order valence-corrected chi connectivity index (χ1v) is 9.19. The van der Waals surface area contributed by atoms with E-state index >= 15 is 0 Å². The van der Waals surface area contributed by atoms with Crippen LogP contribution in [0.25, 0.3) is 0 Å². The van der Waals surface area contributed by atoms with Crippen LogP contribution in [0.4, 0.5) is 14.5 Å². The summed E-state index contributed by atoms with van der Waals surface area (Å²) in [5.74, 6) is -1.27. The van der Waals surface area contributed by atoms with E-state index in [0.717, 1.165) is 0 Å². The average molecular weight is 413 g/mol. The molecule has 1 N–H and O–H groups in total. The Morgan fingerprint density at radius 3 is 2.73 bits per heavy atom. The predicted molar refractivity (Wildman–Crippen MR) is 102 cm³/mol. The number of aromatic nitrogens is 1. The SMILES string of the molecule is O=C(NC1CC(=O)N(c2ccc(F)cc2)C1)c1cc(COc2ccccc2F)on1. The number of halogens is 2. The molecule has 3 aromatic rings. The third-order valence-corrected chi connectivity index (χ3v) is 4.60. The standard InChI is InChI=1S/C21H17F2N3O4/c22-13-5-7-15(8-6-13)26-11-14(9-20(26)27)24-21(28)18-10-16(30-25-18)12-29-19-4-2-1-3-17(19)23/h1-8,10,14H,9,11-12H2,(H,24,28). The van der Waals surface area contributed by atoms with Crippen molar-refractivity contribution in [3.63, 3.8) is 0 Å². The third kappa shape index (κ3) is 4.29. The van der Waals surface area contributed by atoms with Crippen molar-refractivity contribution in [1.29, 1.82) is 0 Å².